The Balaban J connectivity index is 2.00. The molecule has 0 saturated carbocycles. The van der Waals surface area contributed by atoms with Gasteiger partial charge in [-0.2, -0.15) is 0 Å². The van der Waals surface area contributed by atoms with Crippen molar-refractivity contribution >= 4 is 5.69 Å². The molecule has 100 valence electrons. The van der Waals surface area contributed by atoms with Crippen LogP contribution in [0, 0.1) is 0 Å². The molecule has 4 heteroatoms. The van der Waals surface area contributed by atoms with Crippen molar-refractivity contribution in [1.29, 1.82) is 0 Å². The first kappa shape index (κ1) is 13.2. The Labute approximate surface area is 112 Å². The molecule has 0 bridgehead atoms. The average Bonchev–Trinajstić information content (AvgIpc) is 2.37. The predicted molar refractivity (Wildman–Crippen MR) is 76.6 cm³/mol. The molecule has 1 unspecified atom stereocenters. The molecule has 0 aliphatic rings. The van der Waals surface area contributed by atoms with E-state index < -0.39 is 0 Å². The zero-order valence-corrected chi connectivity index (χ0v) is 11.1. The molecule has 19 heavy (non-hydrogen) atoms. The SMILES string of the molecule is CC(Cc1ccc(O)cc1)Nc1ccc(=O)n(C)c1. The molecule has 4 nitrogen and oxygen atoms in total. The van der Waals surface area contributed by atoms with Crippen molar-refractivity contribution in [3.63, 3.8) is 0 Å². The Morgan fingerprint density at radius 2 is 1.89 bits per heavy atom. The Kier molecular flexibility index (Phi) is 3.90. The van der Waals surface area contributed by atoms with E-state index in [2.05, 4.69) is 12.2 Å². The monoisotopic (exact) mass is 258 g/mol. The maximum Gasteiger partial charge on any atom is 0.250 e. The minimum absolute atomic E-state index is 0.0169. The fraction of sp³-hybridized carbons (Fsp3) is 0.267. The van der Waals surface area contributed by atoms with E-state index in [1.807, 2.05) is 12.1 Å². The lowest BCUT2D eigenvalue weighted by molar-refractivity contribution is 0.475. The van der Waals surface area contributed by atoms with E-state index in [0.717, 1.165) is 17.7 Å². The van der Waals surface area contributed by atoms with Gasteiger partial charge in [0.15, 0.2) is 0 Å². The van der Waals surface area contributed by atoms with Crippen LogP contribution >= 0.6 is 0 Å². The Bertz CT molecular complexity index is 602. The van der Waals surface area contributed by atoms with E-state index in [-0.39, 0.29) is 17.4 Å². The summed E-state index contributed by atoms with van der Waals surface area (Å²) in [5, 5.41) is 12.6. The lowest BCUT2D eigenvalue weighted by Crippen LogP contribution is -2.21. The summed E-state index contributed by atoms with van der Waals surface area (Å²) in [5.74, 6) is 0.280. The minimum atomic E-state index is -0.0169. The molecular formula is C15H18N2O2. The summed E-state index contributed by atoms with van der Waals surface area (Å²) >= 11 is 0. The Morgan fingerprint density at radius 1 is 1.21 bits per heavy atom. The van der Waals surface area contributed by atoms with E-state index in [0.29, 0.717) is 0 Å². The van der Waals surface area contributed by atoms with Crippen molar-refractivity contribution < 1.29 is 5.11 Å². The highest BCUT2D eigenvalue weighted by molar-refractivity contribution is 5.41. The van der Waals surface area contributed by atoms with Crippen LogP contribution in [0.2, 0.25) is 0 Å². The van der Waals surface area contributed by atoms with Crippen LogP contribution in [0.5, 0.6) is 5.75 Å². The van der Waals surface area contributed by atoms with Gasteiger partial charge in [0, 0.05) is 25.4 Å². The Morgan fingerprint density at radius 3 is 2.53 bits per heavy atom. The molecule has 2 rings (SSSR count). The van der Waals surface area contributed by atoms with Gasteiger partial charge in [-0.25, -0.2) is 0 Å². The molecule has 1 heterocycles. The highest BCUT2D eigenvalue weighted by Gasteiger charge is 2.04. The molecule has 0 fully saturated rings. The van der Waals surface area contributed by atoms with Gasteiger partial charge in [0.1, 0.15) is 5.75 Å². The molecule has 0 radical (unpaired) electrons. The number of aryl methyl sites for hydroxylation is 1. The smallest absolute Gasteiger partial charge is 0.250 e. The fourth-order valence-corrected chi connectivity index (χ4v) is 2.00. The van der Waals surface area contributed by atoms with Gasteiger partial charge in [0.05, 0.1) is 5.69 Å². The number of anilines is 1. The van der Waals surface area contributed by atoms with Crippen molar-refractivity contribution in [2.45, 2.75) is 19.4 Å². The maximum atomic E-state index is 11.3. The highest BCUT2D eigenvalue weighted by Crippen LogP contribution is 2.13. The van der Waals surface area contributed by atoms with Gasteiger partial charge in [-0.05, 0) is 37.1 Å². The van der Waals surface area contributed by atoms with E-state index >= 15 is 0 Å². The summed E-state index contributed by atoms with van der Waals surface area (Å²) in [7, 11) is 1.73. The summed E-state index contributed by atoms with van der Waals surface area (Å²) in [6.45, 7) is 2.08. The van der Waals surface area contributed by atoms with Crippen LogP contribution in [0.1, 0.15) is 12.5 Å². The van der Waals surface area contributed by atoms with Crippen molar-refractivity contribution in [3.8, 4) is 5.75 Å². The summed E-state index contributed by atoms with van der Waals surface area (Å²) in [6, 6.07) is 10.8. The standard InChI is InChI=1S/C15H18N2O2/c1-11(9-12-3-6-14(18)7-4-12)16-13-5-8-15(19)17(2)10-13/h3-8,10-11,16,18H,9H2,1-2H3. The number of aromatic nitrogens is 1. The first-order chi connectivity index (χ1) is 9.04. The second kappa shape index (κ2) is 5.61. The third-order valence-corrected chi connectivity index (χ3v) is 2.98. The minimum Gasteiger partial charge on any atom is -0.508 e. The van der Waals surface area contributed by atoms with Crippen LogP contribution in [-0.4, -0.2) is 15.7 Å². The van der Waals surface area contributed by atoms with Gasteiger partial charge >= 0.3 is 0 Å². The zero-order chi connectivity index (χ0) is 13.8. The normalized spacial score (nSPS) is 12.1. The van der Waals surface area contributed by atoms with E-state index in [1.54, 1.807) is 42.1 Å². The number of rotatable bonds is 4. The summed E-state index contributed by atoms with van der Waals surface area (Å²) in [4.78, 5) is 11.3. The summed E-state index contributed by atoms with van der Waals surface area (Å²) in [5.41, 5.74) is 2.06. The van der Waals surface area contributed by atoms with Gasteiger partial charge < -0.3 is 15.0 Å². The number of aromatic hydroxyl groups is 1. The van der Waals surface area contributed by atoms with E-state index in [9.17, 15) is 9.90 Å². The predicted octanol–water partition coefficient (Wildman–Crippen LogP) is 2.13. The maximum absolute atomic E-state index is 11.3. The first-order valence-electron chi connectivity index (χ1n) is 6.26. The molecule has 0 aliphatic heterocycles. The number of hydrogen-bond acceptors (Lipinski definition) is 3. The largest absolute Gasteiger partial charge is 0.508 e. The second-order valence-electron chi connectivity index (χ2n) is 4.78. The van der Waals surface area contributed by atoms with Crippen LogP contribution in [0.4, 0.5) is 5.69 Å². The van der Waals surface area contributed by atoms with Gasteiger partial charge in [-0.15, -0.1) is 0 Å². The van der Waals surface area contributed by atoms with Crippen LogP contribution in [0.15, 0.2) is 47.4 Å². The zero-order valence-electron chi connectivity index (χ0n) is 11.1. The number of phenols is 1. The molecular weight excluding hydrogens is 240 g/mol. The van der Waals surface area contributed by atoms with E-state index in [4.69, 9.17) is 0 Å². The average molecular weight is 258 g/mol. The number of nitrogens with one attached hydrogen (secondary N) is 1. The van der Waals surface area contributed by atoms with Gasteiger partial charge in [-0.3, -0.25) is 4.79 Å². The molecule has 0 aliphatic carbocycles. The third-order valence-electron chi connectivity index (χ3n) is 2.98. The second-order valence-corrected chi connectivity index (χ2v) is 4.78. The third kappa shape index (κ3) is 3.61. The fourth-order valence-electron chi connectivity index (χ4n) is 2.00. The molecule has 0 saturated heterocycles. The number of phenolic OH excluding ortho intramolecular Hbond substituents is 1. The molecule has 2 N–H and O–H groups in total. The van der Waals surface area contributed by atoms with Crippen LogP contribution in [0.3, 0.4) is 0 Å². The molecule has 1 aromatic carbocycles. The van der Waals surface area contributed by atoms with Crippen LogP contribution in [-0.2, 0) is 13.5 Å². The molecule has 0 spiro atoms. The number of hydrogen-bond donors (Lipinski definition) is 2. The van der Waals surface area contributed by atoms with Crippen molar-refractivity contribution in [2.24, 2.45) is 7.05 Å². The topological polar surface area (TPSA) is 54.3 Å². The quantitative estimate of drug-likeness (QED) is 0.883. The van der Waals surface area contributed by atoms with Gasteiger partial charge in [0.2, 0.25) is 5.56 Å². The lowest BCUT2D eigenvalue weighted by atomic mass is 10.1. The molecule has 1 aromatic heterocycles. The van der Waals surface area contributed by atoms with Crippen molar-refractivity contribution in [2.75, 3.05) is 5.32 Å². The summed E-state index contributed by atoms with van der Waals surface area (Å²) in [6.07, 6.45) is 2.64. The first-order valence-corrected chi connectivity index (χ1v) is 6.26. The summed E-state index contributed by atoms with van der Waals surface area (Å²) < 4.78 is 1.55. The van der Waals surface area contributed by atoms with Crippen LogP contribution < -0.4 is 10.9 Å². The van der Waals surface area contributed by atoms with Gasteiger partial charge in [0.25, 0.3) is 0 Å². The molecule has 1 atom stereocenters. The van der Waals surface area contributed by atoms with Crippen molar-refractivity contribution in [1.82, 2.24) is 4.57 Å². The number of nitrogens with zero attached hydrogens (tertiary/aromatic N) is 1. The van der Waals surface area contributed by atoms with Gasteiger partial charge in [-0.1, -0.05) is 12.1 Å². The van der Waals surface area contributed by atoms with Crippen molar-refractivity contribution in [3.05, 3.63) is 58.5 Å². The lowest BCUT2D eigenvalue weighted by Gasteiger charge is -2.15. The van der Waals surface area contributed by atoms with Crippen LogP contribution in [0.25, 0.3) is 0 Å². The molecule has 2 aromatic rings. The molecule has 0 amide bonds. The number of pyridine rings is 1. The van der Waals surface area contributed by atoms with E-state index in [1.165, 1.54) is 0 Å². The number of benzene rings is 1. The highest BCUT2D eigenvalue weighted by atomic mass is 16.3. The Hall–Kier alpha value is -2.23.